The van der Waals surface area contributed by atoms with Crippen molar-refractivity contribution in [1.29, 1.82) is 0 Å². The fraction of sp³-hybridized carbons (Fsp3) is 0.364. The minimum Gasteiger partial charge on any atom is -0.347 e. The van der Waals surface area contributed by atoms with Crippen molar-refractivity contribution in [2.24, 2.45) is 0 Å². The Labute approximate surface area is 177 Å². The van der Waals surface area contributed by atoms with Gasteiger partial charge in [-0.3, -0.25) is 9.48 Å². The third kappa shape index (κ3) is 3.54. The summed E-state index contributed by atoms with van der Waals surface area (Å²) in [4.78, 5) is 15.0. The van der Waals surface area contributed by atoms with Crippen LogP contribution in [-0.4, -0.2) is 34.8 Å². The molecule has 1 saturated heterocycles. The van der Waals surface area contributed by atoms with Crippen LogP contribution in [0, 0.1) is 11.6 Å². The number of carbonyl (C=O) groups is 1. The molecule has 2 aromatic heterocycles. The van der Waals surface area contributed by atoms with E-state index in [1.165, 1.54) is 22.3 Å². The molecule has 0 bridgehead atoms. The molecule has 0 saturated carbocycles. The van der Waals surface area contributed by atoms with Crippen LogP contribution >= 0.6 is 11.3 Å². The monoisotopic (exact) mass is 428 g/mol. The molecule has 1 amide bonds. The highest BCUT2D eigenvalue weighted by atomic mass is 32.1. The highest BCUT2D eigenvalue weighted by Gasteiger charge is 2.30. The highest BCUT2D eigenvalue weighted by molar-refractivity contribution is 7.14. The first-order valence-corrected chi connectivity index (χ1v) is 11.0. The van der Waals surface area contributed by atoms with Gasteiger partial charge in [-0.15, -0.1) is 11.3 Å². The first kappa shape index (κ1) is 19.4. The number of aryl methyl sites for hydroxylation is 2. The van der Waals surface area contributed by atoms with Gasteiger partial charge < -0.3 is 10.6 Å². The van der Waals surface area contributed by atoms with E-state index in [-0.39, 0.29) is 17.9 Å². The van der Waals surface area contributed by atoms with E-state index in [1.54, 1.807) is 12.3 Å². The molecule has 1 aromatic carbocycles. The Morgan fingerprint density at radius 2 is 2.13 bits per heavy atom. The Balaban J connectivity index is 1.38. The zero-order chi connectivity index (χ0) is 20.7. The summed E-state index contributed by atoms with van der Waals surface area (Å²) in [6.07, 6.45) is 4.46. The summed E-state index contributed by atoms with van der Waals surface area (Å²) in [6.45, 7) is 2.25. The van der Waals surface area contributed by atoms with Crippen molar-refractivity contribution in [3.05, 3.63) is 63.5 Å². The van der Waals surface area contributed by atoms with Gasteiger partial charge in [-0.25, -0.2) is 8.78 Å². The van der Waals surface area contributed by atoms with Gasteiger partial charge in [0.2, 0.25) is 0 Å². The van der Waals surface area contributed by atoms with Crippen LogP contribution < -0.4 is 10.6 Å². The highest BCUT2D eigenvalue weighted by Crippen LogP contribution is 2.35. The molecule has 2 aliphatic rings. The second-order valence-corrected chi connectivity index (χ2v) is 8.98. The zero-order valence-corrected chi connectivity index (χ0v) is 17.1. The minimum atomic E-state index is -0.854. The number of piperidine rings is 1. The average Bonchev–Trinajstić information content (AvgIpc) is 3.35. The standard InChI is InChI=1S/C22H22F2N4OS/c23-16-4-3-13(10-17(16)24)14-5-7-25-12-18(14)27-22(29)21-11-15-19-6-8-26-28(19)9-1-2-20(15)30-21/h3-4,6,8,10-11,14,18,25H,1-2,5,7,9,12H2,(H,27,29)/t14-,18+/m0/s1. The molecule has 4 heterocycles. The van der Waals surface area contributed by atoms with Crippen molar-refractivity contribution in [2.75, 3.05) is 13.1 Å². The Kier molecular flexibility index (Phi) is 5.12. The van der Waals surface area contributed by atoms with E-state index in [0.29, 0.717) is 17.0 Å². The largest absolute Gasteiger partial charge is 0.347 e. The predicted molar refractivity (Wildman–Crippen MR) is 112 cm³/mol. The fourth-order valence-electron chi connectivity index (χ4n) is 4.46. The number of nitrogens with one attached hydrogen (secondary N) is 2. The lowest BCUT2D eigenvalue weighted by molar-refractivity contribution is 0.0928. The van der Waals surface area contributed by atoms with E-state index in [1.807, 2.05) is 16.8 Å². The Hall–Kier alpha value is -2.58. The molecule has 2 N–H and O–H groups in total. The molecule has 0 aliphatic carbocycles. The Morgan fingerprint density at radius 3 is 3.00 bits per heavy atom. The molecule has 2 atom stereocenters. The maximum Gasteiger partial charge on any atom is 0.261 e. The minimum absolute atomic E-state index is 0.0653. The van der Waals surface area contributed by atoms with Gasteiger partial charge in [0.05, 0.1) is 10.6 Å². The molecule has 3 aromatic rings. The lowest BCUT2D eigenvalue weighted by atomic mass is 9.86. The molecule has 156 valence electrons. The van der Waals surface area contributed by atoms with Crippen LogP contribution in [0.1, 0.15) is 38.9 Å². The summed E-state index contributed by atoms with van der Waals surface area (Å²) in [5.41, 5.74) is 2.85. The summed E-state index contributed by atoms with van der Waals surface area (Å²) < 4.78 is 29.1. The Bertz CT molecular complexity index is 1090. The number of nitrogens with zero attached hydrogens (tertiary/aromatic N) is 2. The van der Waals surface area contributed by atoms with Crippen molar-refractivity contribution < 1.29 is 13.6 Å². The lowest BCUT2D eigenvalue weighted by Crippen LogP contribution is -2.49. The van der Waals surface area contributed by atoms with E-state index in [9.17, 15) is 13.6 Å². The summed E-state index contributed by atoms with van der Waals surface area (Å²) in [5, 5.41) is 10.8. The predicted octanol–water partition coefficient (Wildman–Crippen LogP) is 3.71. The molecular formula is C22H22F2N4OS. The number of aromatic nitrogens is 2. The number of hydrogen-bond acceptors (Lipinski definition) is 4. The molecule has 5 nitrogen and oxygen atoms in total. The molecule has 1 fully saturated rings. The molecular weight excluding hydrogens is 406 g/mol. The van der Waals surface area contributed by atoms with Crippen LogP contribution in [0.2, 0.25) is 0 Å². The maximum absolute atomic E-state index is 13.8. The number of rotatable bonds is 3. The number of amides is 1. The summed E-state index contributed by atoms with van der Waals surface area (Å²) >= 11 is 1.53. The van der Waals surface area contributed by atoms with Crippen LogP contribution in [0.4, 0.5) is 8.78 Å². The van der Waals surface area contributed by atoms with Crippen LogP contribution in [0.25, 0.3) is 11.3 Å². The molecule has 8 heteroatoms. The van der Waals surface area contributed by atoms with Crippen molar-refractivity contribution >= 4 is 17.2 Å². The van der Waals surface area contributed by atoms with E-state index < -0.39 is 11.6 Å². The number of halogens is 2. The Morgan fingerprint density at radius 1 is 1.23 bits per heavy atom. The lowest BCUT2D eigenvalue weighted by Gasteiger charge is -2.33. The topological polar surface area (TPSA) is 59.0 Å². The number of fused-ring (bicyclic) bond motifs is 3. The first-order chi connectivity index (χ1) is 14.6. The zero-order valence-electron chi connectivity index (χ0n) is 16.3. The van der Waals surface area contributed by atoms with Gasteiger partial charge in [0.15, 0.2) is 11.6 Å². The van der Waals surface area contributed by atoms with Gasteiger partial charge in [0.1, 0.15) is 0 Å². The second-order valence-electron chi connectivity index (χ2n) is 7.84. The SMILES string of the molecule is O=C(N[C@@H]1CNCC[C@H]1c1ccc(F)c(F)c1)c1cc2c(s1)CCCn1nccc1-2. The van der Waals surface area contributed by atoms with Gasteiger partial charge in [-0.05, 0) is 55.6 Å². The van der Waals surface area contributed by atoms with Gasteiger partial charge in [0.25, 0.3) is 5.91 Å². The van der Waals surface area contributed by atoms with Gasteiger partial charge in [-0.2, -0.15) is 5.10 Å². The van der Waals surface area contributed by atoms with Crippen molar-refractivity contribution in [3.8, 4) is 11.3 Å². The molecule has 5 rings (SSSR count). The van der Waals surface area contributed by atoms with E-state index in [4.69, 9.17) is 0 Å². The number of thiophene rings is 1. The van der Waals surface area contributed by atoms with Crippen LogP contribution in [0.3, 0.4) is 0 Å². The van der Waals surface area contributed by atoms with E-state index in [2.05, 4.69) is 15.7 Å². The normalized spacial score (nSPS) is 20.9. The summed E-state index contributed by atoms with van der Waals surface area (Å²) in [7, 11) is 0. The van der Waals surface area contributed by atoms with Crippen molar-refractivity contribution in [2.45, 2.75) is 37.8 Å². The second kappa shape index (κ2) is 7.92. The number of benzene rings is 1. The van der Waals surface area contributed by atoms with Crippen LogP contribution in [0.5, 0.6) is 0 Å². The smallest absolute Gasteiger partial charge is 0.261 e. The molecule has 30 heavy (non-hydrogen) atoms. The van der Waals surface area contributed by atoms with E-state index in [0.717, 1.165) is 49.7 Å². The van der Waals surface area contributed by atoms with Gasteiger partial charge >= 0.3 is 0 Å². The summed E-state index contributed by atoms with van der Waals surface area (Å²) in [5.74, 6) is -1.90. The molecule has 2 aliphatic heterocycles. The van der Waals surface area contributed by atoms with Crippen molar-refractivity contribution in [3.63, 3.8) is 0 Å². The molecule has 0 radical (unpaired) electrons. The van der Waals surface area contributed by atoms with Crippen LogP contribution in [0.15, 0.2) is 36.5 Å². The quantitative estimate of drug-likeness (QED) is 0.669. The summed E-state index contributed by atoms with van der Waals surface area (Å²) in [6, 6.07) is 7.77. The molecule has 0 spiro atoms. The first-order valence-electron chi connectivity index (χ1n) is 10.2. The van der Waals surface area contributed by atoms with Crippen LogP contribution in [-0.2, 0) is 13.0 Å². The third-order valence-electron chi connectivity index (χ3n) is 5.97. The van der Waals surface area contributed by atoms with Gasteiger partial charge in [0, 0.05) is 41.7 Å². The van der Waals surface area contributed by atoms with E-state index >= 15 is 0 Å². The number of hydrogen-bond donors (Lipinski definition) is 2. The fourth-order valence-corrected chi connectivity index (χ4v) is 5.58. The van der Waals surface area contributed by atoms with Gasteiger partial charge in [-0.1, -0.05) is 6.07 Å². The van der Waals surface area contributed by atoms with Crippen molar-refractivity contribution in [1.82, 2.24) is 20.4 Å². The maximum atomic E-state index is 13.8. The molecule has 0 unspecified atom stereocenters. The average molecular weight is 429 g/mol. The third-order valence-corrected chi connectivity index (χ3v) is 7.16. The number of carbonyl (C=O) groups excluding carboxylic acids is 1.